The predicted octanol–water partition coefficient (Wildman–Crippen LogP) is 3.99. The molecule has 0 radical (unpaired) electrons. The minimum atomic E-state index is 0.267. The number of hydrogen-bond donors (Lipinski definition) is 1. The Labute approximate surface area is 129 Å². The highest BCUT2D eigenvalue weighted by molar-refractivity contribution is 5.21. The zero-order valence-electron chi connectivity index (χ0n) is 13.8. The molecule has 1 saturated heterocycles. The molecule has 0 spiro atoms. The van der Waals surface area contributed by atoms with Gasteiger partial charge in [0.1, 0.15) is 0 Å². The van der Waals surface area contributed by atoms with Crippen molar-refractivity contribution in [2.75, 3.05) is 13.1 Å². The Kier molecular flexibility index (Phi) is 4.37. The first-order valence-electron chi connectivity index (χ1n) is 8.67. The fourth-order valence-corrected chi connectivity index (χ4v) is 3.69. The summed E-state index contributed by atoms with van der Waals surface area (Å²) in [5.74, 6) is 0.999. The van der Waals surface area contributed by atoms with Crippen molar-refractivity contribution < 1.29 is 0 Å². The van der Waals surface area contributed by atoms with Crippen LogP contribution in [0.3, 0.4) is 0 Å². The minimum Gasteiger partial charge on any atom is -0.308 e. The fraction of sp³-hybridized carbons (Fsp3) is 0.684. The Balaban J connectivity index is 1.79. The highest BCUT2D eigenvalue weighted by Crippen LogP contribution is 2.38. The number of rotatable bonds is 5. The summed E-state index contributed by atoms with van der Waals surface area (Å²) in [6.45, 7) is 9.36. The van der Waals surface area contributed by atoms with E-state index in [1.807, 2.05) is 0 Å². The maximum atomic E-state index is 3.81. The quantitative estimate of drug-likeness (QED) is 0.880. The summed E-state index contributed by atoms with van der Waals surface area (Å²) >= 11 is 0. The molecule has 1 aliphatic heterocycles. The lowest BCUT2D eigenvalue weighted by Crippen LogP contribution is -2.61. The summed E-state index contributed by atoms with van der Waals surface area (Å²) in [6.07, 6.45) is 5.49. The van der Waals surface area contributed by atoms with Gasteiger partial charge in [-0.1, -0.05) is 50.1 Å². The molecule has 2 nitrogen and oxygen atoms in total. The van der Waals surface area contributed by atoms with Crippen LogP contribution in [0.2, 0.25) is 0 Å². The molecule has 3 atom stereocenters. The molecule has 2 heteroatoms. The van der Waals surface area contributed by atoms with E-state index >= 15 is 0 Å². The van der Waals surface area contributed by atoms with Crippen molar-refractivity contribution in [1.82, 2.24) is 10.2 Å². The molecular weight excluding hydrogens is 256 g/mol. The molecule has 3 rings (SSSR count). The molecule has 1 N–H and O–H groups in total. The lowest BCUT2D eigenvalue weighted by molar-refractivity contribution is 0.0459. The van der Waals surface area contributed by atoms with E-state index in [2.05, 4.69) is 61.3 Å². The SMILES string of the molecule is CCC1(C)CN(C(C)CC2CC2)C(c2ccccc2)CN1. The molecule has 21 heavy (non-hydrogen) atoms. The van der Waals surface area contributed by atoms with Crippen LogP contribution in [0.4, 0.5) is 0 Å². The lowest BCUT2D eigenvalue weighted by atomic mass is 9.89. The summed E-state index contributed by atoms with van der Waals surface area (Å²) in [7, 11) is 0. The highest BCUT2D eigenvalue weighted by atomic mass is 15.3. The van der Waals surface area contributed by atoms with Gasteiger partial charge in [0.25, 0.3) is 0 Å². The third-order valence-electron chi connectivity index (χ3n) is 5.56. The van der Waals surface area contributed by atoms with Gasteiger partial charge in [0.2, 0.25) is 0 Å². The molecule has 116 valence electrons. The number of hydrogen-bond acceptors (Lipinski definition) is 2. The van der Waals surface area contributed by atoms with Gasteiger partial charge in [0.05, 0.1) is 0 Å². The van der Waals surface area contributed by atoms with Crippen molar-refractivity contribution in [2.24, 2.45) is 5.92 Å². The predicted molar refractivity (Wildman–Crippen MR) is 89.4 cm³/mol. The maximum Gasteiger partial charge on any atom is 0.0476 e. The van der Waals surface area contributed by atoms with Crippen molar-refractivity contribution in [2.45, 2.75) is 64.1 Å². The fourth-order valence-electron chi connectivity index (χ4n) is 3.69. The second-order valence-electron chi connectivity index (χ2n) is 7.42. The van der Waals surface area contributed by atoms with Crippen LogP contribution in [0.15, 0.2) is 30.3 Å². The normalized spacial score (nSPS) is 32.0. The van der Waals surface area contributed by atoms with Gasteiger partial charge >= 0.3 is 0 Å². The second-order valence-corrected chi connectivity index (χ2v) is 7.42. The second kappa shape index (κ2) is 6.10. The highest BCUT2D eigenvalue weighted by Gasteiger charge is 2.38. The first-order chi connectivity index (χ1) is 10.1. The minimum absolute atomic E-state index is 0.267. The summed E-state index contributed by atoms with van der Waals surface area (Å²) in [6, 6.07) is 12.3. The molecule has 1 heterocycles. The Hall–Kier alpha value is -0.860. The Morgan fingerprint density at radius 1 is 1.29 bits per heavy atom. The third kappa shape index (κ3) is 3.49. The van der Waals surface area contributed by atoms with E-state index in [0.29, 0.717) is 12.1 Å². The molecular formula is C19H30N2. The largest absolute Gasteiger partial charge is 0.308 e. The molecule has 0 aromatic heterocycles. The first-order valence-corrected chi connectivity index (χ1v) is 8.67. The summed E-state index contributed by atoms with van der Waals surface area (Å²) in [5, 5.41) is 3.81. The van der Waals surface area contributed by atoms with Gasteiger partial charge in [-0.25, -0.2) is 0 Å². The van der Waals surface area contributed by atoms with E-state index in [1.54, 1.807) is 0 Å². The van der Waals surface area contributed by atoms with Crippen LogP contribution in [0.1, 0.15) is 58.1 Å². The summed E-state index contributed by atoms with van der Waals surface area (Å²) in [5.41, 5.74) is 1.73. The van der Waals surface area contributed by atoms with Gasteiger partial charge in [-0.2, -0.15) is 0 Å². The van der Waals surface area contributed by atoms with Gasteiger partial charge in [-0.3, -0.25) is 4.90 Å². The van der Waals surface area contributed by atoms with Crippen LogP contribution in [-0.2, 0) is 0 Å². The maximum absolute atomic E-state index is 3.81. The van der Waals surface area contributed by atoms with Crippen LogP contribution >= 0.6 is 0 Å². The van der Waals surface area contributed by atoms with Crippen LogP contribution in [0, 0.1) is 5.92 Å². The Morgan fingerprint density at radius 2 is 2.00 bits per heavy atom. The molecule has 1 aromatic carbocycles. The van der Waals surface area contributed by atoms with E-state index < -0.39 is 0 Å². The molecule has 0 amide bonds. The van der Waals surface area contributed by atoms with E-state index in [9.17, 15) is 0 Å². The molecule has 2 aliphatic rings. The Bertz CT molecular complexity index is 454. The summed E-state index contributed by atoms with van der Waals surface area (Å²) < 4.78 is 0. The van der Waals surface area contributed by atoms with Crippen molar-refractivity contribution in [3.8, 4) is 0 Å². The van der Waals surface area contributed by atoms with E-state index in [-0.39, 0.29) is 5.54 Å². The average Bonchev–Trinajstić information content (AvgIpc) is 3.32. The van der Waals surface area contributed by atoms with Crippen LogP contribution < -0.4 is 5.32 Å². The van der Waals surface area contributed by atoms with E-state index in [0.717, 1.165) is 19.0 Å². The van der Waals surface area contributed by atoms with Gasteiger partial charge in [-0.05, 0) is 38.2 Å². The van der Waals surface area contributed by atoms with Crippen molar-refractivity contribution in [3.05, 3.63) is 35.9 Å². The van der Waals surface area contributed by atoms with Crippen LogP contribution in [0.25, 0.3) is 0 Å². The monoisotopic (exact) mass is 286 g/mol. The summed E-state index contributed by atoms with van der Waals surface area (Å²) in [4.78, 5) is 2.77. The first kappa shape index (κ1) is 15.1. The third-order valence-corrected chi connectivity index (χ3v) is 5.56. The average molecular weight is 286 g/mol. The van der Waals surface area contributed by atoms with Gasteiger partial charge in [0.15, 0.2) is 0 Å². The van der Waals surface area contributed by atoms with E-state index in [1.165, 1.54) is 31.2 Å². The standard InChI is InChI=1S/C19H30N2/c1-4-19(3)14-21(15(2)12-16-10-11-16)18(13-20-19)17-8-6-5-7-9-17/h5-9,15-16,18,20H,4,10-14H2,1-3H3. The Morgan fingerprint density at radius 3 is 2.62 bits per heavy atom. The van der Waals surface area contributed by atoms with Gasteiger partial charge < -0.3 is 5.32 Å². The van der Waals surface area contributed by atoms with Crippen LogP contribution in [-0.4, -0.2) is 29.6 Å². The molecule has 3 unspecified atom stereocenters. The topological polar surface area (TPSA) is 15.3 Å². The molecule has 2 fully saturated rings. The molecule has 1 saturated carbocycles. The van der Waals surface area contributed by atoms with Crippen molar-refractivity contribution in [1.29, 1.82) is 0 Å². The molecule has 0 bridgehead atoms. The number of benzene rings is 1. The van der Waals surface area contributed by atoms with Gasteiger partial charge in [0, 0.05) is 30.7 Å². The molecule has 1 aliphatic carbocycles. The lowest BCUT2D eigenvalue weighted by Gasteiger charge is -2.49. The van der Waals surface area contributed by atoms with Crippen molar-refractivity contribution in [3.63, 3.8) is 0 Å². The molecule has 1 aromatic rings. The smallest absolute Gasteiger partial charge is 0.0476 e. The van der Waals surface area contributed by atoms with Gasteiger partial charge in [-0.15, -0.1) is 0 Å². The number of nitrogens with zero attached hydrogens (tertiary/aromatic N) is 1. The van der Waals surface area contributed by atoms with Crippen molar-refractivity contribution >= 4 is 0 Å². The van der Waals surface area contributed by atoms with E-state index in [4.69, 9.17) is 0 Å². The van der Waals surface area contributed by atoms with Crippen LogP contribution in [0.5, 0.6) is 0 Å². The number of nitrogens with one attached hydrogen (secondary N) is 1. The number of piperazine rings is 1. The zero-order valence-corrected chi connectivity index (χ0v) is 13.8. The zero-order chi connectivity index (χ0) is 14.9.